The number of amides is 1. The zero-order valence-electron chi connectivity index (χ0n) is 12.4. The normalized spacial score (nSPS) is 12.5. The molecule has 116 valence electrons. The van der Waals surface area contributed by atoms with Crippen molar-refractivity contribution in [1.82, 2.24) is 14.7 Å². The van der Waals surface area contributed by atoms with E-state index in [9.17, 15) is 4.79 Å². The Bertz CT molecular complexity index is 714. The summed E-state index contributed by atoms with van der Waals surface area (Å²) in [6, 6.07) is 5.22. The maximum atomic E-state index is 12.6. The Balaban J connectivity index is 1.78. The number of carbonyl (C=O) groups excluding carboxylic acids is 1. The summed E-state index contributed by atoms with van der Waals surface area (Å²) in [6.45, 7) is 3.45. The lowest BCUT2D eigenvalue weighted by atomic mass is 10.1. The molecule has 3 rings (SSSR count). The number of fused-ring (bicyclic) bond motifs is 1. The van der Waals surface area contributed by atoms with E-state index in [1.807, 2.05) is 11.6 Å². The molecule has 6 nitrogen and oxygen atoms in total. The molecule has 1 aromatic heterocycles. The fourth-order valence-corrected chi connectivity index (χ4v) is 2.79. The number of aryl methyl sites for hydroxylation is 1. The fourth-order valence-electron chi connectivity index (χ4n) is 2.36. The molecule has 2 aromatic rings. The third kappa shape index (κ3) is 2.68. The molecule has 0 saturated carbocycles. The lowest BCUT2D eigenvalue weighted by Crippen LogP contribution is -2.27. The molecule has 0 spiro atoms. The number of hydrogen-bond donors (Lipinski definition) is 0. The standard InChI is InChI=1S/C15H16BrN3O3/c1-3-19-12(11(16)7-17-19)8-18(2)15(20)10-4-5-13-14(6-10)22-9-21-13/h4-7H,3,8-9H2,1-2H3. The van der Waals surface area contributed by atoms with Crippen LogP contribution >= 0.6 is 15.9 Å². The van der Waals surface area contributed by atoms with Crippen LogP contribution < -0.4 is 9.47 Å². The first-order chi connectivity index (χ1) is 10.6. The van der Waals surface area contributed by atoms with Gasteiger partial charge in [0.1, 0.15) is 0 Å². The molecule has 0 fully saturated rings. The minimum Gasteiger partial charge on any atom is -0.454 e. The van der Waals surface area contributed by atoms with E-state index < -0.39 is 0 Å². The zero-order valence-corrected chi connectivity index (χ0v) is 14.0. The molecule has 1 aliphatic heterocycles. The minimum absolute atomic E-state index is 0.0750. The smallest absolute Gasteiger partial charge is 0.254 e. The number of carbonyl (C=O) groups is 1. The molecule has 1 aliphatic rings. The largest absolute Gasteiger partial charge is 0.454 e. The van der Waals surface area contributed by atoms with Gasteiger partial charge in [0, 0.05) is 19.2 Å². The van der Waals surface area contributed by atoms with E-state index in [1.165, 1.54) is 0 Å². The van der Waals surface area contributed by atoms with Crippen molar-refractivity contribution >= 4 is 21.8 Å². The first-order valence-electron chi connectivity index (χ1n) is 6.95. The summed E-state index contributed by atoms with van der Waals surface area (Å²) < 4.78 is 13.3. The van der Waals surface area contributed by atoms with E-state index in [2.05, 4.69) is 21.0 Å². The predicted octanol–water partition coefficient (Wildman–Crippen LogP) is 2.67. The Kier molecular flexibility index (Phi) is 4.06. The number of halogens is 1. The van der Waals surface area contributed by atoms with Gasteiger partial charge in [-0.3, -0.25) is 9.48 Å². The van der Waals surface area contributed by atoms with Gasteiger partial charge in [0.25, 0.3) is 5.91 Å². The number of nitrogens with zero attached hydrogens (tertiary/aromatic N) is 3. The topological polar surface area (TPSA) is 56.6 Å². The molecule has 1 amide bonds. The molecule has 0 radical (unpaired) electrons. The molecule has 0 aliphatic carbocycles. The third-order valence-corrected chi connectivity index (χ3v) is 4.21. The van der Waals surface area contributed by atoms with E-state index >= 15 is 0 Å². The van der Waals surface area contributed by atoms with Crippen molar-refractivity contribution in [1.29, 1.82) is 0 Å². The first-order valence-corrected chi connectivity index (χ1v) is 7.74. The Morgan fingerprint density at radius 3 is 2.95 bits per heavy atom. The van der Waals surface area contributed by atoms with Gasteiger partial charge in [0.2, 0.25) is 6.79 Å². The number of ether oxygens (including phenoxy) is 2. The van der Waals surface area contributed by atoms with E-state index in [1.54, 1.807) is 36.3 Å². The minimum atomic E-state index is -0.0750. The van der Waals surface area contributed by atoms with Crippen LogP contribution in [0.4, 0.5) is 0 Å². The zero-order chi connectivity index (χ0) is 15.7. The quantitative estimate of drug-likeness (QED) is 0.835. The highest BCUT2D eigenvalue weighted by atomic mass is 79.9. The lowest BCUT2D eigenvalue weighted by molar-refractivity contribution is 0.0781. The van der Waals surface area contributed by atoms with Crippen molar-refractivity contribution in [2.24, 2.45) is 0 Å². The number of rotatable bonds is 4. The lowest BCUT2D eigenvalue weighted by Gasteiger charge is -2.18. The van der Waals surface area contributed by atoms with Crippen LogP contribution in [0.2, 0.25) is 0 Å². The van der Waals surface area contributed by atoms with Crippen LogP contribution in [-0.4, -0.2) is 34.4 Å². The second-order valence-corrected chi connectivity index (χ2v) is 5.84. The maximum absolute atomic E-state index is 12.6. The van der Waals surface area contributed by atoms with E-state index in [-0.39, 0.29) is 12.7 Å². The number of hydrogen-bond acceptors (Lipinski definition) is 4. The maximum Gasteiger partial charge on any atom is 0.254 e. The molecule has 2 heterocycles. The van der Waals surface area contributed by atoms with Crippen LogP contribution in [0.25, 0.3) is 0 Å². The summed E-state index contributed by atoms with van der Waals surface area (Å²) in [5.74, 6) is 1.21. The third-order valence-electron chi connectivity index (χ3n) is 3.55. The van der Waals surface area contributed by atoms with Gasteiger partial charge >= 0.3 is 0 Å². The molecular formula is C15H16BrN3O3. The van der Waals surface area contributed by atoms with Gasteiger partial charge in [-0.05, 0) is 41.1 Å². The summed E-state index contributed by atoms with van der Waals surface area (Å²) in [6.07, 6.45) is 1.75. The van der Waals surface area contributed by atoms with Gasteiger partial charge in [0.15, 0.2) is 11.5 Å². The average Bonchev–Trinajstić information content (AvgIpc) is 3.13. The van der Waals surface area contributed by atoms with Gasteiger partial charge in [0.05, 0.1) is 22.9 Å². The number of aromatic nitrogens is 2. The Morgan fingerprint density at radius 2 is 2.18 bits per heavy atom. The Hall–Kier alpha value is -2.02. The van der Waals surface area contributed by atoms with Crippen molar-refractivity contribution in [2.45, 2.75) is 20.0 Å². The van der Waals surface area contributed by atoms with Crippen LogP contribution in [0.5, 0.6) is 11.5 Å². The highest BCUT2D eigenvalue weighted by molar-refractivity contribution is 9.10. The average molecular weight is 366 g/mol. The summed E-state index contributed by atoms with van der Waals surface area (Å²) in [5, 5.41) is 4.26. The number of benzene rings is 1. The van der Waals surface area contributed by atoms with Crippen LogP contribution in [0.15, 0.2) is 28.9 Å². The Morgan fingerprint density at radius 1 is 1.41 bits per heavy atom. The highest BCUT2D eigenvalue weighted by Crippen LogP contribution is 2.32. The highest BCUT2D eigenvalue weighted by Gasteiger charge is 2.20. The van der Waals surface area contributed by atoms with E-state index in [0.29, 0.717) is 23.6 Å². The van der Waals surface area contributed by atoms with Crippen LogP contribution in [0.1, 0.15) is 23.0 Å². The molecule has 1 aromatic carbocycles. The molecular weight excluding hydrogens is 350 g/mol. The predicted molar refractivity (Wildman–Crippen MR) is 84.0 cm³/mol. The van der Waals surface area contributed by atoms with Crippen molar-refractivity contribution in [3.63, 3.8) is 0 Å². The van der Waals surface area contributed by atoms with E-state index in [0.717, 1.165) is 16.7 Å². The van der Waals surface area contributed by atoms with Crippen molar-refractivity contribution in [3.05, 3.63) is 40.1 Å². The molecule has 0 saturated heterocycles. The van der Waals surface area contributed by atoms with Crippen LogP contribution in [0.3, 0.4) is 0 Å². The van der Waals surface area contributed by atoms with Crippen molar-refractivity contribution in [2.75, 3.05) is 13.8 Å². The summed E-state index contributed by atoms with van der Waals surface area (Å²) in [5.41, 5.74) is 1.55. The van der Waals surface area contributed by atoms with Crippen LogP contribution in [-0.2, 0) is 13.1 Å². The monoisotopic (exact) mass is 365 g/mol. The van der Waals surface area contributed by atoms with Crippen molar-refractivity contribution in [3.8, 4) is 11.5 Å². The Labute approximate surface area is 136 Å². The van der Waals surface area contributed by atoms with Crippen molar-refractivity contribution < 1.29 is 14.3 Å². The first kappa shape index (κ1) is 14.9. The van der Waals surface area contributed by atoms with Gasteiger partial charge < -0.3 is 14.4 Å². The van der Waals surface area contributed by atoms with Crippen LogP contribution in [0, 0.1) is 0 Å². The molecule has 0 bridgehead atoms. The molecule has 22 heavy (non-hydrogen) atoms. The molecule has 0 unspecified atom stereocenters. The second kappa shape index (κ2) is 6.00. The van der Waals surface area contributed by atoms with Gasteiger partial charge in [-0.25, -0.2) is 0 Å². The molecule has 7 heteroatoms. The summed E-state index contributed by atoms with van der Waals surface area (Å²) >= 11 is 3.47. The molecule has 0 atom stereocenters. The van der Waals surface area contributed by atoms with E-state index in [4.69, 9.17) is 9.47 Å². The molecule has 0 N–H and O–H groups in total. The second-order valence-electron chi connectivity index (χ2n) is 4.98. The summed E-state index contributed by atoms with van der Waals surface area (Å²) in [7, 11) is 1.77. The van der Waals surface area contributed by atoms with Gasteiger partial charge in [-0.1, -0.05) is 0 Å². The summed E-state index contributed by atoms with van der Waals surface area (Å²) in [4.78, 5) is 14.2. The van der Waals surface area contributed by atoms with Gasteiger partial charge in [-0.15, -0.1) is 0 Å². The fraction of sp³-hybridized carbons (Fsp3) is 0.333. The SMILES string of the molecule is CCn1ncc(Br)c1CN(C)C(=O)c1ccc2c(c1)OCO2. The van der Waals surface area contributed by atoms with Gasteiger partial charge in [-0.2, -0.15) is 5.10 Å².